The zero-order valence-corrected chi connectivity index (χ0v) is 11.4. The molecule has 0 amide bonds. The van der Waals surface area contributed by atoms with Gasteiger partial charge in [0.25, 0.3) is 0 Å². The van der Waals surface area contributed by atoms with E-state index in [9.17, 15) is 4.57 Å². The lowest BCUT2D eigenvalue weighted by Gasteiger charge is -2.32. The van der Waals surface area contributed by atoms with Crippen molar-refractivity contribution in [3.05, 3.63) is 12.4 Å². The van der Waals surface area contributed by atoms with Crippen LogP contribution in [-0.2, 0) is 20.2 Å². The highest BCUT2D eigenvalue weighted by Gasteiger charge is 2.52. The highest BCUT2D eigenvalue weighted by Crippen LogP contribution is 2.36. The van der Waals surface area contributed by atoms with Crippen molar-refractivity contribution in [1.29, 1.82) is 0 Å². The molecule has 7 heteroatoms. The molecule has 1 fully saturated rings. The molecular formula is C10H16BN2O3P. The minimum Gasteiger partial charge on any atom is -0.399 e. The number of hydrogen-bond donors (Lipinski definition) is 0. The van der Waals surface area contributed by atoms with Crippen molar-refractivity contribution in [3.8, 4) is 0 Å². The minimum absolute atomic E-state index is 0.0423. The summed E-state index contributed by atoms with van der Waals surface area (Å²) in [7, 11) is -0.363. The third-order valence-corrected chi connectivity index (χ3v) is 3.79. The molecule has 92 valence electrons. The first-order chi connectivity index (χ1) is 7.86. The highest BCUT2D eigenvalue weighted by molar-refractivity contribution is 7.22. The van der Waals surface area contributed by atoms with Gasteiger partial charge in [0.2, 0.25) is 0 Å². The molecule has 1 aromatic rings. The van der Waals surface area contributed by atoms with Gasteiger partial charge in [-0.25, -0.2) is 0 Å². The van der Waals surface area contributed by atoms with Gasteiger partial charge in [0.1, 0.15) is 6.29 Å². The van der Waals surface area contributed by atoms with Gasteiger partial charge < -0.3 is 9.31 Å². The topological polar surface area (TPSA) is 53.4 Å². The van der Waals surface area contributed by atoms with E-state index in [1.54, 1.807) is 17.1 Å². The number of nitrogens with zero attached hydrogens (tertiary/aromatic N) is 2. The summed E-state index contributed by atoms with van der Waals surface area (Å²) in [6.07, 6.45) is 3.83. The second kappa shape index (κ2) is 4.20. The fourth-order valence-corrected chi connectivity index (χ4v) is 1.89. The Kier molecular flexibility index (Phi) is 3.14. The molecule has 1 saturated heterocycles. The normalized spacial score (nSPS) is 22.2. The van der Waals surface area contributed by atoms with Crippen LogP contribution in [0, 0.1) is 0 Å². The Morgan fingerprint density at radius 1 is 1.35 bits per heavy atom. The van der Waals surface area contributed by atoms with Crippen molar-refractivity contribution in [2.24, 2.45) is 0 Å². The van der Waals surface area contributed by atoms with E-state index < -0.39 is 7.12 Å². The fourth-order valence-electron chi connectivity index (χ4n) is 1.62. The van der Waals surface area contributed by atoms with Crippen LogP contribution >= 0.6 is 8.46 Å². The lowest BCUT2D eigenvalue weighted by Crippen LogP contribution is -2.41. The molecule has 2 rings (SSSR count). The molecule has 0 atom stereocenters. The quantitative estimate of drug-likeness (QED) is 0.604. The van der Waals surface area contributed by atoms with Crippen LogP contribution in [0.25, 0.3) is 0 Å². The molecule has 2 heterocycles. The van der Waals surface area contributed by atoms with E-state index in [4.69, 9.17) is 9.31 Å². The van der Waals surface area contributed by atoms with Gasteiger partial charge in [0, 0.05) is 17.9 Å². The van der Waals surface area contributed by atoms with E-state index in [2.05, 4.69) is 5.10 Å². The smallest absolute Gasteiger partial charge is 0.399 e. The average Bonchev–Trinajstić information content (AvgIpc) is 2.71. The van der Waals surface area contributed by atoms with Gasteiger partial charge in [0.15, 0.2) is 8.46 Å². The fraction of sp³-hybridized carbons (Fsp3) is 0.700. The molecule has 0 N–H and O–H groups in total. The standard InChI is InChI=1S/C10H16BN2O3P/c1-9(2)10(3,4)16-11(15-9)8-5-12-13(6-8)7-17-14/h5-6H,7H2,1-4H3. The van der Waals surface area contributed by atoms with Crippen LogP contribution in [0.3, 0.4) is 0 Å². The van der Waals surface area contributed by atoms with Crippen molar-refractivity contribution >= 4 is 21.0 Å². The number of rotatable bonds is 3. The first-order valence-corrected chi connectivity index (χ1v) is 6.52. The van der Waals surface area contributed by atoms with Crippen molar-refractivity contribution in [1.82, 2.24) is 9.78 Å². The van der Waals surface area contributed by atoms with E-state index in [0.29, 0.717) is 6.29 Å². The Balaban J connectivity index is 2.17. The molecule has 0 spiro atoms. The molecule has 0 unspecified atom stereocenters. The second-order valence-electron chi connectivity index (χ2n) is 5.17. The second-order valence-corrected chi connectivity index (χ2v) is 5.71. The van der Waals surface area contributed by atoms with E-state index in [1.807, 2.05) is 27.7 Å². The zero-order chi connectivity index (χ0) is 12.7. The summed E-state index contributed by atoms with van der Waals surface area (Å²) < 4.78 is 23.9. The van der Waals surface area contributed by atoms with Crippen molar-refractivity contribution in [2.75, 3.05) is 0 Å². The minimum atomic E-state index is -0.405. The molecule has 0 radical (unpaired) electrons. The summed E-state index contributed by atoms with van der Waals surface area (Å²) in [4.78, 5) is 0. The maximum Gasteiger partial charge on any atom is 0.498 e. The monoisotopic (exact) mass is 254 g/mol. The van der Waals surface area contributed by atoms with Gasteiger partial charge in [-0.3, -0.25) is 9.25 Å². The molecular weight excluding hydrogens is 238 g/mol. The SMILES string of the molecule is CC1(C)OB(c2cnn(CP=O)c2)OC1(C)C. The molecule has 1 aliphatic rings. The Hall–Kier alpha value is -0.705. The highest BCUT2D eigenvalue weighted by atomic mass is 31.1. The summed E-state index contributed by atoms with van der Waals surface area (Å²) in [5.41, 5.74) is 0.153. The molecule has 1 aliphatic heterocycles. The van der Waals surface area contributed by atoms with Crippen LogP contribution in [0.4, 0.5) is 0 Å². The van der Waals surface area contributed by atoms with E-state index in [0.717, 1.165) is 5.46 Å². The van der Waals surface area contributed by atoms with Crippen molar-refractivity contribution in [3.63, 3.8) is 0 Å². The maximum absolute atomic E-state index is 10.5. The third-order valence-electron chi connectivity index (χ3n) is 3.38. The Morgan fingerprint density at radius 3 is 2.47 bits per heavy atom. The molecule has 0 aromatic carbocycles. The van der Waals surface area contributed by atoms with Gasteiger partial charge in [-0.15, -0.1) is 0 Å². The first kappa shape index (κ1) is 12.7. The molecule has 17 heavy (non-hydrogen) atoms. The Bertz CT molecular complexity index is 417. The summed E-state index contributed by atoms with van der Waals surface area (Å²) in [6, 6.07) is 0. The summed E-state index contributed by atoms with van der Waals surface area (Å²) in [6.45, 7) is 8.03. The summed E-state index contributed by atoms with van der Waals surface area (Å²) in [5, 5.41) is 4.10. The predicted molar refractivity (Wildman–Crippen MR) is 65.5 cm³/mol. The van der Waals surface area contributed by atoms with E-state index >= 15 is 0 Å². The number of hydrogen-bond acceptors (Lipinski definition) is 4. The van der Waals surface area contributed by atoms with Gasteiger partial charge in [-0.2, -0.15) is 5.10 Å². The van der Waals surface area contributed by atoms with Crippen LogP contribution in [0.1, 0.15) is 27.7 Å². The molecule has 1 aromatic heterocycles. The van der Waals surface area contributed by atoms with Gasteiger partial charge >= 0.3 is 7.12 Å². The Morgan fingerprint density at radius 2 is 1.94 bits per heavy atom. The summed E-state index contributed by atoms with van der Waals surface area (Å²) >= 11 is 0. The van der Waals surface area contributed by atoms with Crippen LogP contribution in [-0.4, -0.2) is 28.1 Å². The zero-order valence-electron chi connectivity index (χ0n) is 10.5. The van der Waals surface area contributed by atoms with Crippen molar-refractivity contribution < 1.29 is 13.9 Å². The lowest BCUT2D eigenvalue weighted by atomic mass is 9.82. The Labute approximate surface area is 103 Å². The molecule has 0 bridgehead atoms. The van der Waals surface area contributed by atoms with Gasteiger partial charge in [0.05, 0.1) is 11.2 Å². The van der Waals surface area contributed by atoms with Gasteiger partial charge in [-0.1, -0.05) is 0 Å². The maximum atomic E-state index is 10.5. The molecule has 0 saturated carbocycles. The first-order valence-electron chi connectivity index (χ1n) is 5.53. The van der Waals surface area contributed by atoms with Crippen LogP contribution in [0.5, 0.6) is 0 Å². The third kappa shape index (κ3) is 2.30. The predicted octanol–water partition coefficient (Wildman–Crippen LogP) is 1.43. The largest absolute Gasteiger partial charge is 0.498 e. The lowest BCUT2D eigenvalue weighted by molar-refractivity contribution is 0.00578. The van der Waals surface area contributed by atoms with E-state index in [-0.39, 0.29) is 19.7 Å². The van der Waals surface area contributed by atoms with Crippen LogP contribution in [0.15, 0.2) is 12.4 Å². The van der Waals surface area contributed by atoms with Gasteiger partial charge in [-0.05, 0) is 27.7 Å². The van der Waals surface area contributed by atoms with E-state index in [1.165, 1.54) is 0 Å². The van der Waals surface area contributed by atoms with Crippen LogP contribution < -0.4 is 5.46 Å². The molecule has 5 nitrogen and oxygen atoms in total. The average molecular weight is 254 g/mol. The number of aromatic nitrogens is 2. The van der Waals surface area contributed by atoms with Crippen LogP contribution in [0.2, 0.25) is 0 Å². The van der Waals surface area contributed by atoms with Crippen molar-refractivity contribution in [2.45, 2.75) is 45.2 Å². The summed E-state index contributed by atoms with van der Waals surface area (Å²) in [5.74, 6) is 0. The molecule has 0 aliphatic carbocycles.